The molecular weight excluding hydrogens is 697 g/mol. The zero-order valence-electron chi connectivity index (χ0n) is 31.4. The standard InChI is InChI=1S/C54H38OS/c1-31-11-9-20-49-51(31)42-24-21-36(29-50(42)56-49)53-41-18-8-7-17-40(41)52(35-23-25-47-46(28-35)54-38-16-6-4-13-34(38)22-26-48(54)55-47)45-30-43(32(2)27-44(45)53)39-19-10-14-33-12-3-5-15-37(33)39/h3-10,12-26,28-32H,11,27H2,1-2H3. The molecule has 0 bridgehead atoms. The van der Waals surface area contributed by atoms with Crippen LogP contribution in [0.2, 0.25) is 0 Å². The van der Waals surface area contributed by atoms with Crippen LogP contribution in [0.1, 0.15) is 53.3 Å². The van der Waals surface area contributed by atoms with Crippen LogP contribution in [0.15, 0.2) is 150 Å². The van der Waals surface area contributed by atoms with E-state index in [4.69, 9.17) is 4.42 Å². The van der Waals surface area contributed by atoms with E-state index in [1.54, 1.807) is 0 Å². The van der Waals surface area contributed by atoms with Crippen molar-refractivity contribution in [2.75, 3.05) is 0 Å². The fourth-order valence-electron chi connectivity index (χ4n) is 10.2. The van der Waals surface area contributed by atoms with E-state index < -0.39 is 0 Å². The molecule has 2 aliphatic carbocycles. The Kier molecular flexibility index (Phi) is 6.95. The van der Waals surface area contributed by atoms with E-state index in [1.807, 2.05) is 11.3 Å². The quantitative estimate of drug-likeness (QED) is 0.176. The molecule has 0 saturated heterocycles. The molecule has 10 aromatic rings. The number of furan rings is 1. The van der Waals surface area contributed by atoms with Crippen LogP contribution in [0.5, 0.6) is 0 Å². The lowest BCUT2D eigenvalue weighted by Crippen LogP contribution is -2.12. The van der Waals surface area contributed by atoms with Crippen molar-refractivity contribution in [3.63, 3.8) is 0 Å². The number of hydrogen-bond acceptors (Lipinski definition) is 2. The zero-order valence-corrected chi connectivity index (χ0v) is 32.2. The predicted octanol–water partition coefficient (Wildman–Crippen LogP) is 15.8. The SMILES string of the molecule is CC1Cc2c(c(-c3ccc4oc5ccc6ccccc6c5c4c3)c3ccccc3c2-c2ccc3c4c(sc3c2)C=CCC4C)C=C1c1cccc2ccccc12. The highest BCUT2D eigenvalue weighted by Crippen LogP contribution is 2.51. The number of benzene rings is 8. The molecule has 2 aliphatic rings. The van der Waals surface area contributed by atoms with Gasteiger partial charge in [0.05, 0.1) is 0 Å². The summed E-state index contributed by atoms with van der Waals surface area (Å²) in [4.78, 5) is 1.42. The van der Waals surface area contributed by atoms with Gasteiger partial charge >= 0.3 is 0 Å². The highest BCUT2D eigenvalue weighted by molar-refractivity contribution is 7.20. The molecule has 12 rings (SSSR count). The van der Waals surface area contributed by atoms with Crippen molar-refractivity contribution >= 4 is 93.4 Å². The van der Waals surface area contributed by atoms with E-state index in [1.165, 1.54) is 103 Å². The third-order valence-electron chi connectivity index (χ3n) is 12.7. The average molecular weight is 735 g/mol. The summed E-state index contributed by atoms with van der Waals surface area (Å²) in [6, 6.07) is 51.9. The summed E-state index contributed by atoms with van der Waals surface area (Å²) in [6.07, 6.45) is 9.31. The summed E-state index contributed by atoms with van der Waals surface area (Å²) in [6.45, 7) is 4.80. The molecular formula is C54H38OS. The van der Waals surface area contributed by atoms with Gasteiger partial charge in [-0.05, 0) is 149 Å². The molecule has 2 unspecified atom stereocenters. The van der Waals surface area contributed by atoms with Crippen molar-refractivity contribution in [1.29, 1.82) is 0 Å². The van der Waals surface area contributed by atoms with Gasteiger partial charge in [0, 0.05) is 20.3 Å². The Bertz CT molecular complexity index is 3340. The summed E-state index contributed by atoms with van der Waals surface area (Å²) in [7, 11) is 0. The van der Waals surface area contributed by atoms with Crippen LogP contribution >= 0.6 is 11.3 Å². The minimum Gasteiger partial charge on any atom is -0.456 e. The van der Waals surface area contributed by atoms with Gasteiger partial charge in [-0.3, -0.25) is 0 Å². The number of fused-ring (bicyclic) bond motifs is 11. The van der Waals surface area contributed by atoms with Crippen molar-refractivity contribution in [3.05, 3.63) is 173 Å². The summed E-state index contributed by atoms with van der Waals surface area (Å²) < 4.78 is 7.90. The van der Waals surface area contributed by atoms with Gasteiger partial charge < -0.3 is 4.42 Å². The molecule has 0 aliphatic heterocycles. The Hall–Kier alpha value is -6.22. The van der Waals surface area contributed by atoms with Crippen molar-refractivity contribution < 1.29 is 4.42 Å². The monoisotopic (exact) mass is 734 g/mol. The molecule has 0 radical (unpaired) electrons. The van der Waals surface area contributed by atoms with Crippen molar-refractivity contribution in [2.24, 2.45) is 5.92 Å². The van der Waals surface area contributed by atoms with Gasteiger partial charge in [-0.25, -0.2) is 0 Å². The minimum atomic E-state index is 0.330. The maximum Gasteiger partial charge on any atom is 0.136 e. The Morgan fingerprint density at radius 3 is 2.12 bits per heavy atom. The van der Waals surface area contributed by atoms with E-state index in [0.717, 1.165) is 29.4 Å². The molecule has 0 spiro atoms. The van der Waals surface area contributed by atoms with Gasteiger partial charge in [-0.2, -0.15) is 0 Å². The normalized spacial score (nSPS) is 16.6. The molecule has 8 aromatic carbocycles. The zero-order chi connectivity index (χ0) is 37.1. The Balaban J connectivity index is 1.18. The second kappa shape index (κ2) is 12.1. The van der Waals surface area contributed by atoms with Gasteiger partial charge in [0.15, 0.2) is 0 Å². The van der Waals surface area contributed by atoms with Crippen LogP contribution in [0.25, 0.3) is 104 Å². The second-order valence-corrected chi connectivity index (χ2v) is 17.1. The number of allylic oxidation sites excluding steroid dienone is 2. The molecule has 2 aromatic heterocycles. The van der Waals surface area contributed by atoms with E-state index in [0.29, 0.717) is 11.8 Å². The summed E-state index contributed by atoms with van der Waals surface area (Å²) in [5.41, 5.74) is 14.1. The first-order valence-electron chi connectivity index (χ1n) is 19.9. The molecule has 0 N–H and O–H groups in total. The third-order valence-corrected chi connectivity index (χ3v) is 13.9. The van der Waals surface area contributed by atoms with Gasteiger partial charge in [0.1, 0.15) is 11.2 Å². The van der Waals surface area contributed by atoms with Crippen LogP contribution in [0, 0.1) is 5.92 Å². The molecule has 0 amide bonds. The molecule has 2 heterocycles. The average Bonchev–Trinajstić information content (AvgIpc) is 3.81. The summed E-state index contributed by atoms with van der Waals surface area (Å²) in [5, 5.41) is 11.4. The molecule has 1 nitrogen and oxygen atoms in total. The van der Waals surface area contributed by atoms with Crippen LogP contribution in [-0.4, -0.2) is 0 Å². The lowest BCUT2D eigenvalue weighted by atomic mass is 9.74. The predicted molar refractivity (Wildman–Crippen MR) is 242 cm³/mol. The number of rotatable bonds is 3. The van der Waals surface area contributed by atoms with E-state index in [-0.39, 0.29) is 0 Å². The van der Waals surface area contributed by atoms with E-state index in [2.05, 4.69) is 172 Å². The van der Waals surface area contributed by atoms with Gasteiger partial charge in [0.2, 0.25) is 0 Å². The van der Waals surface area contributed by atoms with Crippen LogP contribution in [0.4, 0.5) is 0 Å². The van der Waals surface area contributed by atoms with Gasteiger partial charge in [-0.15, -0.1) is 11.3 Å². The molecule has 0 saturated carbocycles. The molecule has 2 heteroatoms. The molecule has 0 fully saturated rings. The third kappa shape index (κ3) is 4.66. The Morgan fingerprint density at radius 1 is 0.571 bits per heavy atom. The van der Waals surface area contributed by atoms with Gasteiger partial charge in [0.25, 0.3) is 0 Å². The maximum atomic E-state index is 6.52. The van der Waals surface area contributed by atoms with E-state index in [9.17, 15) is 0 Å². The number of hydrogen-bond donors (Lipinski definition) is 0. The fourth-order valence-corrected chi connectivity index (χ4v) is 11.5. The van der Waals surface area contributed by atoms with Crippen LogP contribution in [0.3, 0.4) is 0 Å². The topological polar surface area (TPSA) is 13.1 Å². The van der Waals surface area contributed by atoms with E-state index >= 15 is 0 Å². The fraction of sp³-hybridized carbons (Fsp3) is 0.111. The lowest BCUT2D eigenvalue weighted by Gasteiger charge is -2.30. The summed E-state index contributed by atoms with van der Waals surface area (Å²) >= 11 is 1.95. The Morgan fingerprint density at radius 2 is 1.27 bits per heavy atom. The molecule has 56 heavy (non-hydrogen) atoms. The second-order valence-electron chi connectivity index (χ2n) is 16.0. The van der Waals surface area contributed by atoms with Crippen molar-refractivity contribution in [2.45, 2.75) is 32.6 Å². The highest BCUT2D eigenvalue weighted by Gasteiger charge is 2.29. The van der Waals surface area contributed by atoms with Crippen LogP contribution in [-0.2, 0) is 6.42 Å². The largest absolute Gasteiger partial charge is 0.456 e. The van der Waals surface area contributed by atoms with Crippen molar-refractivity contribution in [1.82, 2.24) is 0 Å². The first-order valence-corrected chi connectivity index (χ1v) is 20.8. The first kappa shape index (κ1) is 32.1. The number of thiophene rings is 1. The van der Waals surface area contributed by atoms with Crippen LogP contribution < -0.4 is 0 Å². The highest BCUT2D eigenvalue weighted by atomic mass is 32.1. The first-order chi connectivity index (χ1) is 27.6. The smallest absolute Gasteiger partial charge is 0.136 e. The minimum absolute atomic E-state index is 0.330. The Labute approximate surface area is 329 Å². The van der Waals surface area contributed by atoms with Gasteiger partial charge in [-0.1, -0.05) is 135 Å². The molecule has 2 atom stereocenters. The molecule has 266 valence electrons. The maximum absolute atomic E-state index is 6.52. The lowest BCUT2D eigenvalue weighted by molar-refractivity contribution is 0.669. The summed E-state index contributed by atoms with van der Waals surface area (Å²) in [5.74, 6) is 0.875. The van der Waals surface area contributed by atoms with Crippen molar-refractivity contribution in [3.8, 4) is 22.3 Å².